The van der Waals surface area contributed by atoms with Gasteiger partial charge in [-0.3, -0.25) is 9.59 Å². The molecule has 0 atom stereocenters. The number of nitrogens with zero attached hydrogens (tertiary/aromatic N) is 2. The van der Waals surface area contributed by atoms with Crippen LogP contribution in [0.4, 0.5) is 0 Å². The van der Waals surface area contributed by atoms with E-state index in [0.29, 0.717) is 16.3 Å². The van der Waals surface area contributed by atoms with Crippen molar-refractivity contribution in [1.29, 1.82) is 0 Å². The molecular formula is C17H19N3O3S. The van der Waals surface area contributed by atoms with E-state index in [1.165, 1.54) is 16.2 Å². The number of likely N-dealkylation sites (N-methyl/N-ethyl adjacent to an activating group) is 1. The van der Waals surface area contributed by atoms with Crippen LogP contribution in [0.3, 0.4) is 0 Å². The van der Waals surface area contributed by atoms with Gasteiger partial charge < -0.3 is 9.64 Å². The average Bonchev–Trinajstić information content (AvgIpc) is 3.12. The van der Waals surface area contributed by atoms with E-state index in [1.807, 2.05) is 23.6 Å². The van der Waals surface area contributed by atoms with Gasteiger partial charge in [0.2, 0.25) is 0 Å². The molecule has 0 fully saturated rings. The summed E-state index contributed by atoms with van der Waals surface area (Å²) < 4.78 is 5.41. The van der Waals surface area contributed by atoms with E-state index in [1.54, 1.807) is 39.2 Å². The molecule has 1 N–H and O–H groups in total. The Morgan fingerprint density at radius 3 is 2.50 bits per heavy atom. The molecule has 2 aromatic rings. The fourth-order valence-corrected chi connectivity index (χ4v) is 2.34. The number of hydrogen-bond donors (Lipinski definition) is 1. The molecule has 126 valence electrons. The summed E-state index contributed by atoms with van der Waals surface area (Å²) in [6, 6.07) is 10.7. The van der Waals surface area contributed by atoms with Crippen molar-refractivity contribution in [1.82, 2.24) is 10.3 Å². The molecule has 0 saturated heterocycles. The lowest BCUT2D eigenvalue weighted by atomic mass is 10.1. The summed E-state index contributed by atoms with van der Waals surface area (Å²) >= 11 is 1.36. The van der Waals surface area contributed by atoms with Gasteiger partial charge in [-0.25, -0.2) is 5.43 Å². The van der Waals surface area contributed by atoms with Gasteiger partial charge in [0, 0.05) is 14.1 Å². The Morgan fingerprint density at radius 1 is 1.21 bits per heavy atom. The highest BCUT2D eigenvalue weighted by Crippen LogP contribution is 2.13. The Bertz CT molecular complexity index is 722. The van der Waals surface area contributed by atoms with Crippen LogP contribution in [0.15, 0.2) is 46.9 Å². The number of ether oxygens (including phenoxy) is 1. The van der Waals surface area contributed by atoms with Gasteiger partial charge in [-0.2, -0.15) is 5.10 Å². The molecule has 0 radical (unpaired) electrons. The quantitative estimate of drug-likeness (QED) is 0.645. The SMILES string of the molecule is C/C(=N\NC(=O)c1cccs1)c1ccc(OCC(=O)N(C)C)cc1. The molecule has 0 spiro atoms. The highest BCUT2D eigenvalue weighted by atomic mass is 32.1. The molecule has 2 amide bonds. The lowest BCUT2D eigenvalue weighted by Gasteiger charge is -2.11. The zero-order chi connectivity index (χ0) is 17.5. The summed E-state index contributed by atoms with van der Waals surface area (Å²) in [6.45, 7) is 1.80. The fraction of sp³-hybridized carbons (Fsp3) is 0.235. The third kappa shape index (κ3) is 4.92. The topological polar surface area (TPSA) is 71.0 Å². The van der Waals surface area contributed by atoms with Gasteiger partial charge in [-0.05, 0) is 48.2 Å². The lowest BCUT2D eigenvalue weighted by molar-refractivity contribution is -0.130. The molecule has 0 aliphatic heterocycles. The number of hydrogen-bond acceptors (Lipinski definition) is 5. The number of thiophene rings is 1. The largest absolute Gasteiger partial charge is 0.484 e. The van der Waals surface area contributed by atoms with Gasteiger partial charge in [0.15, 0.2) is 6.61 Å². The second-order valence-electron chi connectivity index (χ2n) is 5.22. The first-order valence-electron chi connectivity index (χ1n) is 7.29. The maximum absolute atomic E-state index is 11.8. The van der Waals surface area contributed by atoms with Crippen LogP contribution in [0.2, 0.25) is 0 Å². The Morgan fingerprint density at radius 2 is 1.92 bits per heavy atom. The minimum atomic E-state index is -0.230. The second-order valence-corrected chi connectivity index (χ2v) is 6.16. The van der Waals surface area contributed by atoms with Crippen LogP contribution in [0, 0.1) is 0 Å². The minimum Gasteiger partial charge on any atom is -0.484 e. The molecule has 24 heavy (non-hydrogen) atoms. The standard InChI is InChI=1S/C17H19N3O3S/c1-12(18-19-17(22)15-5-4-10-24-15)13-6-8-14(9-7-13)23-11-16(21)20(2)3/h4-10H,11H2,1-3H3,(H,19,22)/b18-12+. The van der Waals surface area contributed by atoms with Crippen molar-refractivity contribution in [3.8, 4) is 5.75 Å². The number of benzene rings is 1. The Balaban J connectivity index is 1.93. The van der Waals surface area contributed by atoms with E-state index < -0.39 is 0 Å². The molecule has 0 aliphatic rings. The third-order valence-electron chi connectivity index (χ3n) is 3.20. The summed E-state index contributed by atoms with van der Waals surface area (Å²) in [5.41, 5.74) is 4.06. The maximum atomic E-state index is 11.8. The average molecular weight is 345 g/mol. The zero-order valence-electron chi connectivity index (χ0n) is 13.8. The maximum Gasteiger partial charge on any atom is 0.281 e. The summed E-state index contributed by atoms with van der Waals surface area (Å²) in [6.07, 6.45) is 0. The monoisotopic (exact) mass is 345 g/mol. The third-order valence-corrected chi connectivity index (χ3v) is 4.07. The van der Waals surface area contributed by atoms with Crippen molar-refractivity contribution in [3.05, 3.63) is 52.2 Å². The van der Waals surface area contributed by atoms with Gasteiger partial charge in [-0.15, -0.1) is 11.3 Å². The van der Waals surface area contributed by atoms with E-state index in [4.69, 9.17) is 4.74 Å². The normalized spacial score (nSPS) is 11.0. The smallest absolute Gasteiger partial charge is 0.281 e. The van der Waals surface area contributed by atoms with E-state index in [9.17, 15) is 9.59 Å². The van der Waals surface area contributed by atoms with Crippen LogP contribution in [-0.4, -0.2) is 43.1 Å². The van der Waals surface area contributed by atoms with Gasteiger partial charge in [0.25, 0.3) is 11.8 Å². The first-order chi connectivity index (χ1) is 11.5. The van der Waals surface area contributed by atoms with E-state index >= 15 is 0 Å². The second kappa shape index (κ2) is 8.26. The summed E-state index contributed by atoms with van der Waals surface area (Å²) in [4.78, 5) is 25.4. The lowest BCUT2D eigenvalue weighted by Crippen LogP contribution is -2.27. The van der Waals surface area contributed by atoms with Crippen LogP contribution >= 0.6 is 11.3 Å². The van der Waals surface area contributed by atoms with Crippen LogP contribution < -0.4 is 10.2 Å². The number of carbonyl (C=O) groups is 2. The number of nitrogens with one attached hydrogen (secondary N) is 1. The molecule has 0 bridgehead atoms. The van der Waals surface area contributed by atoms with Crippen LogP contribution in [0.5, 0.6) is 5.75 Å². The van der Waals surface area contributed by atoms with Crippen molar-refractivity contribution in [2.45, 2.75) is 6.92 Å². The van der Waals surface area contributed by atoms with Crippen molar-refractivity contribution in [3.63, 3.8) is 0 Å². The Labute approximate surface area is 144 Å². The summed E-state index contributed by atoms with van der Waals surface area (Å²) in [7, 11) is 3.36. The van der Waals surface area contributed by atoms with E-state index in [2.05, 4.69) is 10.5 Å². The zero-order valence-corrected chi connectivity index (χ0v) is 14.6. The molecule has 0 aliphatic carbocycles. The Kier molecular flexibility index (Phi) is 6.08. The number of carbonyl (C=O) groups excluding carboxylic acids is 2. The molecule has 1 aromatic heterocycles. The molecular weight excluding hydrogens is 326 g/mol. The number of hydrazone groups is 1. The summed E-state index contributed by atoms with van der Waals surface area (Å²) in [5, 5.41) is 5.94. The van der Waals surface area contributed by atoms with Gasteiger partial charge >= 0.3 is 0 Å². The van der Waals surface area contributed by atoms with E-state index in [-0.39, 0.29) is 18.4 Å². The Hall–Kier alpha value is -2.67. The fourth-order valence-electron chi connectivity index (χ4n) is 1.73. The van der Waals surface area contributed by atoms with E-state index in [0.717, 1.165) is 5.56 Å². The predicted molar refractivity (Wildman–Crippen MR) is 94.6 cm³/mol. The van der Waals surface area contributed by atoms with Crippen molar-refractivity contribution >= 4 is 28.9 Å². The van der Waals surface area contributed by atoms with Gasteiger partial charge in [-0.1, -0.05) is 6.07 Å². The molecule has 1 heterocycles. The van der Waals surface area contributed by atoms with Crippen molar-refractivity contribution in [2.24, 2.45) is 5.10 Å². The van der Waals surface area contributed by atoms with Gasteiger partial charge in [0.1, 0.15) is 5.75 Å². The first-order valence-corrected chi connectivity index (χ1v) is 8.17. The molecule has 1 aromatic carbocycles. The molecule has 2 rings (SSSR count). The highest BCUT2D eigenvalue weighted by molar-refractivity contribution is 7.12. The highest BCUT2D eigenvalue weighted by Gasteiger charge is 2.07. The molecule has 0 saturated carbocycles. The molecule has 0 unspecified atom stereocenters. The van der Waals surface area contributed by atoms with Crippen LogP contribution in [0.25, 0.3) is 0 Å². The minimum absolute atomic E-state index is 0.00368. The van der Waals surface area contributed by atoms with Crippen molar-refractivity contribution < 1.29 is 14.3 Å². The van der Waals surface area contributed by atoms with Crippen molar-refractivity contribution in [2.75, 3.05) is 20.7 Å². The number of rotatable bonds is 6. The first kappa shape index (κ1) is 17.7. The van der Waals surface area contributed by atoms with Crippen LogP contribution in [0.1, 0.15) is 22.2 Å². The van der Waals surface area contributed by atoms with Crippen LogP contribution in [-0.2, 0) is 4.79 Å². The summed E-state index contributed by atoms with van der Waals surface area (Å²) in [5.74, 6) is 0.268. The molecule has 6 nitrogen and oxygen atoms in total. The number of amides is 2. The van der Waals surface area contributed by atoms with Gasteiger partial charge in [0.05, 0.1) is 10.6 Å². The molecule has 7 heteroatoms. The predicted octanol–water partition coefficient (Wildman–Crippen LogP) is 2.37.